The zero-order valence-electron chi connectivity index (χ0n) is 11.0. The first-order valence-electron chi connectivity index (χ1n) is 6.30. The molecule has 0 aliphatic rings. The van der Waals surface area contributed by atoms with Crippen molar-refractivity contribution in [2.75, 3.05) is 6.54 Å². The Morgan fingerprint density at radius 3 is 2.70 bits per heavy atom. The summed E-state index contributed by atoms with van der Waals surface area (Å²) in [7, 11) is 0. The summed E-state index contributed by atoms with van der Waals surface area (Å²) in [6.07, 6.45) is 0.769. The Balaban J connectivity index is 2.45. The van der Waals surface area contributed by atoms with E-state index in [1.807, 2.05) is 13.0 Å². The highest BCUT2D eigenvalue weighted by molar-refractivity contribution is 5.94. The van der Waals surface area contributed by atoms with Crippen molar-refractivity contribution in [1.29, 1.82) is 0 Å². The number of amides is 1. The van der Waals surface area contributed by atoms with E-state index in [0.717, 1.165) is 17.2 Å². The van der Waals surface area contributed by atoms with Crippen molar-refractivity contribution in [3.63, 3.8) is 0 Å². The van der Waals surface area contributed by atoms with Gasteiger partial charge in [0.05, 0.1) is 5.69 Å². The Kier molecular flexibility index (Phi) is 4.14. The summed E-state index contributed by atoms with van der Waals surface area (Å²) in [6.45, 7) is 2.39. The molecule has 0 aliphatic carbocycles. The topological polar surface area (TPSA) is 84.2 Å². The van der Waals surface area contributed by atoms with Gasteiger partial charge in [0.15, 0.2) is 11.4 Å². The molecular weight excluding hydrogens is 258 g/mol. The first kappa shape index (κ1) is 13.8. The van der Waals surface area contributed by atoms with Crippen LogP contribution in [0.25, 0.3) is 5.69 Å². The number of rotatable bonds is 4. The van der Waals surface area contributed by atoms with Crippen LogP contribution in [0.2, 0.25) is 0 Å². The first-order valence-corrected chi connectivity index (χ1v) is 6.30. The van der Waals surface area contributed by atoms with Crippen LogP contribution in [-0.2, 0) is 0 Å². The van der Waals surface area contributed by atoms with Crippen molar-refractivity contribution in [2.24, 2.45) is 0 Å². The molecule has 0 atom stereocenters. The molecule has 2 rings (SSSR count). The van der Waals surface area contributed by atoms with E-state index in [1.165, 1.54) is 0 Å². The van der Waals surface area contributed by atoms with E-state index >= 15 is 0 Å². The van der Waals surface area contributed by atoms with Gasteiger partial charge in [0.2, 0.25) is 0 Å². The molecule has 1 aromatic heterocycles. The Bertz CT molecular complexity index is 665. The van der Waals surface area contributed by atoms with E-state index in [1.54, 1.807) is 24.3 Å². The standard InChI is InChI=1S/C14H15N3O3/c1-2-8-15-14(20)13-11(18)9-12(19)17(16-13)10-6-4-3-5-7-10/h3-7,9,18H,2,8H2,1H3,(H,15,20). The van der Waals surface area contributed by atoms with Gasteiger partial charge in [0.1, 0.15) is 0 Å². The number of carbonyl (C=O) groups is 1. The maximum atomic E-state index is 11.9. The van der Waals surface area contributed by atoms with Crippen molar-refractivity contribution >= 4 is 5.91 Å². The fourth-order valence-corrected chi connectivity index (χ4v) is 1.69. The van der Waals surface area contributed by atoms with Crippen molar-refractivity contribution < 1.29 is 9.90 Å². The van der Waals surface area contributed by atoms with E-state index < -0.39 is 17.2 Å². The molecule has 2 N–H and O–H groups in total. The van der Waals surface area contributed by atoms with Gasteiger partial charge in [0, 0.05) is 12.6 Å². The lowest BCUT2D eigenvalue weighted by Gasteiger charge is -2.08. The number of nitrogens with zero attached hydrogens (tertiary/aromatic N) is 2. The maximum absolute atomic E-state index is 11.9. The second-order valence-electron chi connectivity index (χ2n) is 4.22. The van der Waals surface area contributed by atoms with Gasteiger partial charge in [-0.2, -0.15) is 9.78 Å². The van der Waals surface area contributed by atoms with Gasteiger partial charge in [-0.05, 0) is 18.6 Å². The van der Waals surface area contributed by atoms with Gasteiger partial charge in [-0.3, -0.25) is 9.59 Å². The Morgan fingerprint density at radius 1 is 1.35 bits per heavy atom. The molecule has 0 saturated carbocycles. The molecule has 6 heteroatoms. The van der Waals surface area contributed by atoms with Crippen LogP contribution in [0.4, 0.5) is 0 Å². The maximum Gasteiger partial charge on any atom is 0.275 e. The normalized spacial score (nSPS) is 10.2. The monoisotopic (exact) mass is 273 g/mol. The molecule has 104 valence electrons. The largest absolute Gasteiger partial charge is 0.505 e. The number of carbonyl (C=O) groups excluding carboxylic acids is 1. The van der Waals surface area contributed by atoms with E-state index in [9.17, 15) is 14.7 Å². The van der Waals surface area contributed by atoms with Crippen LogP contribution in [0.5, 0.6) is 5.75 Å². The van der Waals surface area contributed by atoms with Gasteiger partial charge < -0.3 is 10.4 Å². The lowest BCUT2D eigenvalue weighted by molar-refractivity contribution is 0.0943. The van der Waals surface area contributed by atoms with Gasteiger partial charge in [-0.1, -0.05) is 25.1 Å². The van der Waals surface area contributed by atoms with Crippen LogP contribution in [-0.4, -0.2) is 27.3 Å². The number of aromatic nitrogens is 2. The summed E-state index contributed by atoms with van der Waals surface area (Å²) >= 11 is 0. The highest BCUT2D eigenvalue weighted by Gasteiger charge is 2.16. The van der Waals surface area contributed by atoms with Gasteiger partial charge in [-0.25, -0.2) is 0 Å². The molecule has 1 amide bonds. The summed E-state index contributed by atoms with van der Waals surface area (Å²) in [4.78, 5) is 23.7. The Labute approximate surface area is 115 Å². The van der Waals surface area contributed by atoms with Crippen LogP contribution in [0.1, 0.15) is 23.8 Å². The molecule has 2 aromatic rings. The molecule has 0 unspecified atom stereocenters. The summed E-state index contributed by atoms with van der Waals surface area (Å²) in [5, 5.41) is 16.2. The van der Waals surface area contributed by atoms with E-state index in [2.05, 4.69) is 10.4 Å². The van der Waals surface area contributed by atoms with Crippen molar-refractivity contribution in [2.45, 2.75) is 13.3 Å². The van der Waals surface area contributed by atoms with Crippen LogP contribution in [0.3, 0.4) is 0 Å². The first-order chi connectivity index (χ1) is 9.63. The fraction of sp³-hybridized carbons (Fsp3) is 0.214. The summed E-state index contributed by atoms with van der Waals surface area (Å²) in [5.74, 6) is -0.926. The summed E-state index contributed by atoms with van der Waals surface area (Å²) < 4.78 is 1.08. The lowest BCUT2D eigenvalue weighted by Crippen LogP contribution is -2.29. The molecule has 0 bridgehead atoms. The minimum atomic E-state index is -0.506. The number of nitrogens with one attached hydrogen (secondary N) is 1. The number of hydrogen-bond acceptors (Lipinski definition) is 4. The number of benzene rings is 1. The second kappa shape index (κ2) is 6.01. The zero-order valence-corrected chi connectivity index (χ0v) is 11.0. The van der Waals surface area contributed by atoms with Gasteiger partial charge in [0.25, 0.3) is 11.5 Å². The SMILES string of the molecule is CCCNC(=O)c1nn(-c2ccccc2)c(=O)cc1O. The molecular formula is C14H15N3O3. The zero-order chi connectivity index (χ0) is 14.5. The smallest absolute Gasteiger partial charge is 0.275 e. The fourth-order valence-electron chi connectivity index (χ4n) is 1.69. The minimum absolute atomic E-state index is 0.165. The molecule has 0 aliphatic heterocycles. The van der Waals surface area contributed by atoms with Crippen molar-refractivity contribution in [3.8, 4) is 11.4 Å². The highest BCUT2D eigenvalue weighted by Crippen LogP contribution is 2.12. The third-order valence-corrected chi connectivity index (χ3v) is 2.66. The molecule has 1 aromatic carbocycles. The number of hydrogen-bond donors (Lipinski definition) is 2. The molecule has 20 heavy (non-hydrogen) atoms. The summed E-state index contributed by atoms with van der Waals surface area (Å²) in [6, 6.07) is 9.70. The van der Waals surface area contributed by atoms with E-state index in [0.29, 0.717) is 12.2 Å². The Morgan fingerprint density at radius 2 is 2.05 bits per heavy atom. The molecule has 1 heterocycles. The lowest BCUT2D eigenvalue weighted by atomic mass is 10.3. The van der Waals surface area contributed by atoms with Crippen LogP contribution in [0, 0.1) is 0 Å². The van der Waals surface area contributed by atoms with Crippen LogP contribution >= 0.6 is 0 Å². The molecule has 0 fully saturated rings. The second-order valence-corrected chi connectivity index (χ2v) is 4.22. The molecule has 0 spiro atoms. The third kappa shape index (κ3) is 2.85. The van der Waals surface area contributed by atoms with E-state index in [-0.39, 0.29) is 5.69 Å². The highest BCUT2D eigenvalue weighted by atomic mass is 16.3. The molecule has 6 nitrogen and oxygen atoms in total. The average molecular weight is 273 g/mol. The van der Waals surface area contributed by atoms with Gasteiger partial charge >= 0.3 is 0 Å². The minimum Gasteiger partial charge on any atom is -0.505 e. The number of para-hydroxylation sites is 1. The quantitative estimate of drug-likeness (QED) is 0.873. The third-order valence-electron chi connectivity index (χ3n) is 2.66. The van der Waals surface area contributed by atoms with Gasteiger partial charge in [-0.15, -0.1) is 0 Å². The van der Waals surface area contributed by atoms with Crippen LogP contribution in [0.15, 0.2) is 41.2 Å². The van der Waals surface area contributed by atoms with Crippen LogP contribution < -0.4 is 10.9 Å². The summed E-state index contributed by atoms with van der Waals surface area (Å²) in [5.41, 5.74) is -0.135. The average Bonchev–Trinajstić information content (AvgIpc) is 2.46. The number of aromatic hydroxyl groups is 1. The predicted octanol–water partition coefficient (Wildman–Crippen LogP) is 1.08. The molecule has 0 radical (unpaired) electrons. The van der Waals surface area contributed by atoms with Crippen molar-refractivity contribution in [3.05, 3.63) is 52.4 Å². The Hall–Kier alpha value is -2.63. The molecule has 0 saturated heterocycles. The van der Waals surface area contributed by atoms with Crippen molar-refractivity contribution in [1.82, 2.24) is 15.1 Å². The van der Waals surface area contributed by atoms with E-state index in [4.69, 9.17) is 0 Å². The predicted molar refractivity (Wildman–Crippen MR) is 74.1 cm³/mol.